The topological polar surface area (TPSA) is 12.5 Å². The monoisotopic (exact) mass is 295 g/mol. The van der Waals surface area contributed by atoms with Gasteiger partial charge in [-0.1, -0.05) is 34.1 Å². The van der Waals surface area contributed by atoms with E-state index < -0.39 is 0 Å². The predicted octanol–water partition coefficient (Wildman–Crippen LogP) is 3.18. The maximum atomic E-state index is 5.13. The molecule has 0 bridgehead atoms. The molecule has 0 atom stereocenters. The molecular weight excluding hydrogens is 278 g/mol. The van der Waals surface area contributed by atoms with E-state index in [1.807, 2.05) is 0 Å². The molecule has 17 heavy (non-hydrogen) atoms. The summed E-state index contributed by atoms with van der Waals surface area (Å²) in [5.41, 5.74) is 2.76. The third-order valence-electron chi connectivity index (χ3n) is 3.06. The molecule has 0 spiro atoms. The Balaban J connectivity index is 2.01. The summed E-state index contributed by atoms with van der Waals surface area (Å²) in [6.45, 7) is 4.01. The number of ether oxygens (including phenoxy) is 1. The first-order valence-corrected chi connectivity index (χ1v) is 6.75. The second-order valence-electron chi connectivity index (χ2n) is 4.29. The maximum absolute atomic E-state index is 5.13. The van der Waals surface area contributed by atoms with Crippen LogP contribution in [-0.4, -0.2) is 38.3 Å². The van der Waals surface area contributed by atoms with Gasteiger partial charge in [-0.2, -0.15) is 0 Å². The number of methoxy groups -OCH3 is 1. The maximum Gasteiger partial charge on any atom is 0.0589 e. The minimum atomic E-state index is 0.813. The summed E-state index contributed by atoms with van der Waals surface area (Å²) in [7, 11) is 1.76. The fraction of sp³-hybridized carbons (Fsp3) is 0.429. The highest BCUT2D eigenvalue weighted by atomic mass is 79.9. The van der Waals surface area contributed by atoms with Crippen molar-refractivity contribution >= 4 is 21.5 Å². The molecule has 2 nitrogen and oxygen atoms in total. The number of hydrogen-bond acceptors (Lipinski definition) is 2. The van der Waals surface area contributed by atoms with Gasteiger partial charge in [-0.25, -0.2) is 0 Å². The lowest BCUT2D eigenvalue weighted by molar-refractivity contribution is 0.154. The highest BCUT2D eigenvalue weighted by molar-refractivity contribution is 9.10. The average Bonchev–Trinajstić information content (AvgIpc) is 2.37. The lowest BCUT2D eigenvalue weighted by Gasteiger charge is -2.27. The molecular formula is C14H18BrNO. The molecule has 0 aliphatic carbocycles. The van der Waals surface area contributed by atoms with Gasteiger partial charge in [0.2, 0.25) is 0 Å². The molecule has 0 fully saturated rings. The molecule has 1 heterocycles. The van der Waals surface area contributed by atoms with Crippen LogP contribution < -0.4 is 0 Å². The van der Waals surface area contributed by atoms with Gasteiger partial charge in [0.05, 0.1) is 6.61 Å². The van der Waals surface area contributed by atoms with Gasteiger partial charge in [0, 0.05) is 31.2 Å². The number of halogens is 1. The van der Waals surface area contributed by atoms with Crippen molar-refractivity contribution in [2.75, 3.05) is 33.4 Å². The van der Waals surface area contributed by atoms with E-state index in [0.717, 1.165) is 37.1 Å². The first kappa shape index (κ1) is 12.8. The largest absolute Gasteiger partial charge is 0.383 e. The van der Waals surface area contributed by atoms with Crippen LogP contribution >= 0.6 is 15.9 Å². The summed E-state index contributed by atoms with van der Waals surface area (Å²) < 4.78 is 6.27. The van der Waals surface area contributed by atoms with E-state index in [-0.39, 0.29) is 0 Å². The summed E-state index contributed by atoms with van der Waals surface area (Å²) in [4.78, 5) is 2.45. The van der Waals surface area contributed by atoms with Crippen LogP contribution in [0.2, 0.25) is 0 Å². The highest BCUT2D eigenvalue weighted by Crippen LogP contribution is 2.22. The lowest BCUT2D eigenvalue weighted by atomic mass is 10.0. The van der Waals surface area contributed by atoms with Crippen molar-refractivity contribution in [1.82, 2.24) is 4.90 Å². The molecule has 0 saturated carbocycles. The molecule has 1 aliphatic rings. The van der Waals surface area contributed by atoms with Crippen LogP contribution in [0.3, 0.4) is 0 Å². The smallest absolute Gasteiger partial charge is 0.0589 e. The Kier molecular flexibility index (Phi) is 4.77. The lowest BCUT2D eigenvalue weighted by Crippen LogP contribution is -2.32. The number of rotatable bonds is 4. The van der Waals surface area contributed by atoms with Crippen molar-refractivity contribution in [3.63, 3.8) is 0 Å². The molecule has 0 radical (unpaired) electrons. The first-order valence-electron chi connectivity index (χ1n) is 5.96. The normalized spacial score (nSPS) is 16.9. The van der Waals surface area contributed by atoms with E-state index in [0.29, 0.717) is 0 Å². The number of hydrogen-bond donors (Lipinski definition) is 0. The zero-order valence-corrected chi connectivity index (χ0v) is 11.7. The van der Waals surface area contributed by atoms with Gasteiger partial charge < -0.3 is 4.74 Å². The molecule has 0 unspecified atom stereocenters. The fourth-order valence-corrected chi connectivity index (χ4v) is 2.35. The van der Waals surface area contributed by atoms with Crippen LogP contribution in [0, 0.1) is 0 Å². The van der Waals surface area contributed by atoms with Crippen LogP contribution in [0.1, 0.15) is 12.0 Å². The Morgan fingerprint density at radius 2 is 2.06 bits per heavy atom. The standard InChI is InChI=1S/C14H18BrNO/c1-17-10-9-16-8-2-3-13(11-16)12-4-6-14(15)7-5-12/h3-7H,2,8-11H2,1H3. The second-order valence-corrected chi connectivity index (χ2v) is 5.21. The van der Waals surface area contributed by atoms with Gasteiger partial charge in [0.15, 0.2) is 0 Å². The first-order chi connectivity index (χ1) is 8.29. The summed E-state index contributed by atoms with van der Waals surface area (Å²) in [6, 6.07) is 8.56. The third kappa shape index (κ3) is 3.66. The minimum Gasteiger partial charge on any atom is -0.383 e. The zero-order chi connectivity index (χ0) is 12.1. The Morgan fingerprint density at radius 3 is 2.76 bits per heavy atom. The van der Waals surface area contributed by atoms with Gasteiger partial charge in [-0.15, -0.1) is 0 Å². The Bertz CT molecular complexity index is 386. The van der Waals surface area contributed by atoms with Crippen LogP contribution in [0.15, 0.2) is 34.8 Å². The van der Waals surface area contributed by atoms with Gasteiger partial charge in [-0.3, -0.25) is 4.90 Å². The van der Waals surface area contributed by atoms with Gasteiger partial charge >= 0.3 is 0 Å². The summed E-state index contributed by atoms with van der Waals surface area (Å²) >= 11 is 3.47. The number of nitrogens with zero attached hydrogens (tertiary/aromatic N) is 1. The van der Waals surface area contributed by atoms with E-state index in [2.05, 4.69) is 51.2 Å². The second kappa shape index (κ2) is 6.34. The fourth-order valence-electron chi connectivity index (χ4n) is 2.09. The van der Waals surface area contributed by atoms with Crippen LogP contribution in [0.5, 0.6) is 0 Å². The zero-order valence-electron chi connectivity index (χ0n) is 10.2. The van der Waals surface area contributed by atoms with Crippen molar-refractivity contribution in [2.24, 2.45) is 0 Å². The molecule has 1 aliphatic heterocycles. The SMILES string of the molecule is COCCN1CCC=C(c2ccc(Br)cc2)C1. The van der Waals surface area contributed by atoms with Crippen molar-refractivity contribution in [3.8, 4) is 0 Å². The average molecular weight is 296 g/mol. The van der Waals surface area contributed by atoms with Crippen LogP contribution in [0.25, 0.3) is 5.57 Å². The molecule has 0 aromatic heterocycles. The Hall–Kier alpha value is -0.640. The highest BCUT2D eigenvalue weighted by Gasteiger charge is 2.13. The van der Waals surface area contributed by atoms with Gasteiger partial charge in [0.1, 0.15) is 0 Å². The third-order valence-corrected chi connectivity index (χ3v) is 3.59. The number of benzene rings is 1. The van der Waals surface area contributed by atoms with Crippen molar-refractivity contribution in [2.45, 2.75) is 6.42 Å². The molecule has 0 saturated heterocycles. The van der Waals surface area contributed by atoms with Crippen LogP contribution in [-0.2, 0) is 4.74 Å². The van der Waals surface area contributed by atoms with E-state index in [9.17, 15) is 0 Å². The van der Waals surface area contributed by atoms with Gasteiger partial charge in [0.25, 0.3) is 0 Å². The molecule has 1 aromatic carbocycles. The van der Waals surface area contributed by atoms with Gasteiger partial charge in [-0.05, 0) is 29.7 Å². The van der Waals surface area contributed by atoms with E-state index in [1.54, 1.807) is 7.11 Å². The molecule has 0 amide bonds. The minimum absolute atomic E-state index is 0.813. The van der Waals surface area contributed by atoms with Crippen molar-refractivity contribution in [3.05, 3.63) is 40.4 Å². The summed E-state index contributed by atoms with van der Waals surface area (Å²) in [5, 5.41) is 0. The summed E-state index contributed by atoms with van der Waals surface area (Å²) in [6.07, 6.45) is 3.49. The predicted molar refractivity (Wildman–Crippen MR) is 75.1 cm³/mol. The molecule has 1 aromatic rings. The van der Waals surface area contributed by atoms with Crippen LogP contribution in [0.4, 0.5) is 0 Å². The van der Waals surface area contributed by atoms with Crippen molar-refractivity contribution < 1.29 is 4.74 Å². The summed E-state index contributed by atoms with van der Waals surface area (Å²) in [5.74, 6) is 0. The molecule has 92 valence electrons. The quantitative estimate of drug-likeness (QED) is 0.846. The van der Waals surface area contributed by atoms with E-state index >= 15 is 0 Å². The Morgan fingerprint density at radius 1 is 1.29 bits per heavy atom. The van der Waals surface area contributed by atoms with E-state index in [4.69, 9.17) is 4.74 Å². The van der Waals surface area contributed by atoms with E-state index in [1.165, 1.54) is 11.1 Å². The molecule has 3 heteroatoms. The van der Waals surface area contributed by atoms with Crippen molar-refractivity contribution in [1.29, 1.82) is 0 Å². The Labute approximate surface area is 111 Å². The molecule has 0 N–H and O–H groups in total. The molecule has 2 rings (SSSR count).